The Kier molecular flexibility index (Phi) is 3.42. The molecule has 0 bridgehead atoms. The Morgan fingerprint density at radius 1 is 1.62 bits per heavy atom. The van der Waals surface area contributed by atoms with Gasteiger partial charge in [-0.15, -0.1) is 0 Å². The van der Waals surface area contributed by atoms with E-state index in [2.05, 4.69) is 18.9 Å². The zero-order chi connectivity index (χ0) is 9.84. The van der Waals surface area contributed by atoms with Crippen LogP contribution in [0.3, 0.4) is 0 Å². The molecule has 0 aromatic carbocycles. The summed E-state index contributed by atoms with van der Waals surface area (Å²) >= 11 is 0. The van der Waals surface area contributed by atoms with Crippen molar-refractivity contribution in [2.45, 2.75) is 26.7 Å². The van der Waals surface area contributed by atoms with Crippen LogP contribution in [0, 0.1) is 5.92 Å². The van der Waals surface area contributed by atoms with Crippen LogP contribution in [0.4, 0.5) is 0 Å². The number of β-amino-alcohol motifs (C(OH)–C–C–N with tert-alkyl or cyclic N) is 1. The topological polar surface area (TPSA) is 52.9 Å². The highest BCUT2D eigenvalue weighted by atomic mass is 16.3. The summed E-state index contributed by atoms with van der Waals surface area (Å²) in [6.45, 7) is 4.49. The maximum absolute atomic E-state index is 11.3. The Balaban J connectivity index is 2.50. The quantitative estimate of drug-likeness (QED) is 0.696. The Morgan fingerprint density at radius 3 is 2.85 bits per heavy atom. The number of carbonyl (C=O) groups excluding carboxylic acids is 1. The van der Waals surface area contributed by atoms with Crippen LogP contribution in [0.5, 0.6) is 0 Å². The molecule has 0 aromatic rings. The van der Waals surface area contributed by atoms with Crippen molar-refractivity contribution in [3.8, 4) is 0 Å². The third-order valence-electron chi connectivity index (χ3n) is 1.86. The molecule has 74 valence electrons. The lowest BCUT2D eigenvalue weighted by molar-refractivity contribution is -0.129. The highest BCUT2D eigenvalue weighted by Gasteiger charge is 2.23. The first-order valence-corrected chi connectivity index (χ1v) is 4.61. The second-order valence-electron chi connectivity index (χ2n) is 3.68. The van der Waals surface area contributed by atoms with Crippen molar-refractivity contribution in [3.05, 3.63) is 0 Å². The standard InChI is InChI=1S/C9H16N2O2/c1-7(2)5-8-6-9(13)11(10-8)3-4-12/h7,12H,3-6H2,1-2H3. The highest BCUT2D eigenvalue weighted by Crippen LogP contribution is 2.13. The van der Waals surface area contributed by atoms with Crippen molar-refractivity contribution in [2.24, 2.45) is 11.0 Å². The predicted octanol–water partition coefficient (Wildman–Crippen LogP) is 0.613. The molecule has 13 heavy (non-hydrogen) atoms. The minimum absolute atomic E-state index is 0.00435. The lowest BCUT2D eigenvalue weighted by atomic mass is 10.1. The minimum Gasteiger partial charge on any atom is -0.394 e. The fourth-order valence-electron chi connectivity index (χ4n) is 1.38. The molecule has 0 spiro atoms. The summed E-state index contributed by atoms with van der Waals surface area (Å²) in [5, 5.41) is 14.1. The van der Waals surface area contributed by atoms with E-state index in [1.54, 1.807) is 0 Å². The second-order valence-corrected chi connectivity index (χ2v) is 3.68. The average Bonchev–Trinajstić information content (AvgIpc) is 2.31. The molecule has 0 radical (unpaired) electrons. The van der Waals surface area contributed by atoms with Gasteiger partial charge in [0, 0.05) is 5.71 Å². The van der Waals surface area contributed by atoms with E-state index in [9.17, 15) is 4.79 Å². The Hall–Kier alpha value is -0.900. The van der Waals surface area contributed by atoms with E-state index >= 15 is 0 Å². The van der Waals surface area contributed by atoms with Gasteiger partial charge in [0.1, 0.15) is 0 Å². The number of amides is 1. The van der Waals surface area contributed by atoms with E-state index in [-0.39, 0.29) is 12.5 Å². The van der Waals surface area contributed by atoms with E-state index < -0.39 is 0 Å². The van der Waals surface area contributed by atoms with Crippen molar-refractivity contribution < 1.29 is 9.90 Å². The van der Waals surface area contributed by atoms with Gasteiger partial charge in [-0.2, -0.15) is 5.10 Å². The molecule has 1 aliphatic rings. The van der Waals surface area contributed by atoms with Crippen molar-refractivity contribution in [1.29, 1.82) is 0 Å². The third kappa shape index (κ3) is 2.81. The zero-order valence-corrected chi connectivity index (χ0v) is 8.16. The normalized spacial score (nSPS) is 17.1. The lowest BCUT2D eigenvalue weighted by Gasteiger charge is -2.08. The molecular formula is C9H16N2O2. The SMILES string of the molecule is CC(C)CC1=NN(CCO)C(=O)C1. The molecule has 0 aliphatic carbocycles. The average molecular weight is 184 g/mol. The van der Waals surface area contributed by atoms with Crippen LogP contribution >= 0.6 is 0 Å². The van der Waals surface area contributed by atoms with Gasteiger partial charge in [-0.05, 0) is 12.3 Å². The smallest absolute Gasteiger partial charge is 0.248 e. The summed E-state index contributed by atoms with van der Waals surface area (Å²) in [7, 11) is 0. The summed E-state index contributed by atoms with van der Waals surface area (Å²) in [6.07, 6.45) is 1.30. The maximum atomic E-state index is 11.3. The molecule has 0 saturated heterocycles. The van der Waals surface area contributed by atoms with E-state index in [4.69, 9.17) is 5.11 Å². The predicted molar refractivity (Wildman–Crippen MR) is 50.3 cm³/mol. The number of hydrogen-bond acceptors (Lipinski definition) is 3. The number of carbonyl (C=O) groups is 1. The van der Waals surface area contributed by atoms with E-state index in [0.29, 0.717) is 18.9 Å². The zero-order valence-electron chi connectivity index (χ0n) is 8.16. The Labute approximate surface area is 78.2 Å². The first-order chi connectivity index (χ1) is 6.13. The number of hydrazone groups is 1. The molecule has 1 aliphatic heterocycles. The van der Waals surface area contributed by atoms with E-state index in [1.165, 1.54) is 5.01 Å². The molecule has 0 aromatic heterocycles. The van der Waals surface area contributed by atoms with E-state index in [0.717, 1.165) is 12.1 Å². The van der Waals surface area contributed by atoms with Gasteiger partial charge in [0.25, 0.3) is 0 Å². The van der Waals surface area contributed by atoms with Gasteiger partial charge >= 0.3 is 0 Å². The summed E-state index contributed by atoms with van der Waals surface area (Å²) in [5.41, 5.74) is 0.938. The number of hydrogen-bond donors (Lipinski definition) is 1. The monoisotopic (exact) mass is 184 g/mol. The van der Waals surface area contributed by atoms with Crippen molar-refractivity contribution >= 4 is 11.6 Å². The molecular weight excluding hydrogens is 168 g/mol. The molecule has 0 atom stereocenters. The Morgan fingerprint density at radius 2 is 2.31 bits per heavy atom. The summed E-state index contributed by atoms with van der Waals surface area (Å²) in [6, 6.07) is 0. The summed E-state index contributed by atoms with van der Waals surface area (Å²) in [4.78, 5) is 11.3. The summed E-state index contributed by atoms with van der Waals surface area (Å²) < 4.78 is 0. The third-order valence-corrected chi connectivity index (χ3v) is 1.86. The van der Waals surface area contributed by atoms with Crippen LogP contribution in [-0.2, 0) is 4.79 Å². The van der Waals surface area contributed by atoms with Crippen molar-refractivity contribution in [3.63, 3.8) is 0 Å². The van der Waals surface area contributed by atoms with Gasteiger partial charge in [0.2, 0.25) is 5.91 Å². The fraction of sp³-hybridized carbons (Fsp3) is 0.778. The second kappa shape index (κ2) is 4.37. The number of rotatable bonds is 4. The highest BCUT2D eigenvalue weighted by molar-refractivity contribution is 6.04. The van der Waals surface area contributed by atoms with Gasteiger partial charge in [-0.3, -0.25) is 4.79 Å². The van der Waals surface area contributed by atoms with Crippen molar-refractivity contribution in [2.75, 3.05) is 13.2 Å². The van der Waals surface area contributed by atoms with Crippen LogP contribution in [-0.4, -0.2) is 34.9 Å². The first-order valence-electron chi connectivity index (χ1n) is 4.61. The van der Waals surface area contributed by atoms with Crippen LogP contribution < -0.4 is 0 Å². The minimum atomic E-state index is -0.0236. The number of nitrogens with zero attached hydrogens (tertiary/aromatic N) is 2. The van der Waals surface area contributed by atoms with Crippen molar-refractivity contribution in [1.82, 2.24) is 5.01 Å². The van der Waals surface area contributed by atoms with Gasteiger partial charge in [0.15, 0.2) is 0 Å². The lowest BCUT2D eigenvalue weighted by Crippen LogP contribution is -2.23. The molecule has 1 heterocycles. The van der Waals surface area contributed by atoms with E-state index in [1.807, 2.05) is 0 Å². The molecule has 0 fully saturated rings. The molecule has 4 nitrogen and oxygen atoms in total. The van der Waals surface area contributed by atoms with Crippen LogP contribution in [0.2, 0.25) is 0 Å². The van der Waals surface area contributed by atoms with Gasteiger partial charge in [0.05, 0.1) is 19.6 Å². The van der Waals surface area contributed by atoms with Gasteiger partial charge in [-0.25, -0.2) is 5.01 Å². The summed E-state index contributed by atoms with van der Waals surface area (Å²) in [5.74, 6) is 0.533. The molecule has 0 saturated carbocycles. The van der Waals surface area contributed by atoms with Crippen LogP contribution in [0.1, 0.15) is 26.7 Å². The molecule has 1 rings (SSSR count). The molecule has 0 unspecified atom stereocenters. The fourth-order valence-corrected chi connectivity index (χ4v) is 1.38. The maximum Gasteiger partial charge on any atom is 0.248 e. The van der Waals surface area contributed by atoms with Crippen LogP contribution in [0.15, 0.2) is 5.10 Å². The first kappa shape index (κ1) is 10.2. The Bertz CT molecular complexity index is 224. The molecule has 4 heteroatoms. The number of aliphatic hydroxyl groups is 1. The van der Waals surface area contributed by atoms with Crippen LogP contribution in [0.25, 0.3) is 0 Å². The molecule has 1 N–H and O–H groups in total. The number of aliphatic hydroxyl groups excluding tert-OH is 1. The van der Waals surface area contributed by atoms with Gasteiger partial charge in [-0.1, -0.05) is 13.8 Å². The van der Waals surface area contributed by atoms with Gasteiger partial charge < -0.3 is 5.11 Å². The molecule has 1 amide bonds. The largest absolute Gasteiger partial charge is 0.394 e.